The van der Waals surface area contributed by atoms with Crippen LogP contribution in [0.1, 0.15) is 53.5 Å². The lowest BCUT2D eigenvalue weighted by molar-refractivity contribution is -0.144. The predicted molar refractivity (Wildman–Crippen MR) is 116 cm³/mol. The number of Topliss-reactive ketones (excluding diaryl/α,β-unsaturated/α-hetero) is 1. The largest absolute Gasteiger partial charge is 0.465 e. The second-order valence-corrected chi connectivity index (χ2v) is 8.73. The summed E-state index contributed by atoms with van der Waals surface area (Å²) in [4.78, 5) is 39.1. The van der Waals surface area contributed by atoms with E-state index in [0.717, 1.165) is 5.56 Å². The fourth-order valence-electron chi connectivity index (χ4n) is 2.92. The van der Waals surface area contributed by atoms with Crippen LogP contribution in [0, 0.1) is 5.92 Å². The number of ketones is 1. The van der Waals surface area contributed by atoms with Gasteiger partial charge in [-0.15, -0.1) is 0 Å². The van der Waals surface area contributed by atoms with Gasteiger partial charge in [-0.2, -0.15) is 0 Å². The molecule has 0 aliphatic carbocycles. The molecule has 0 saturated carbocycles. The Hall–Kier alpha value is -2.41. The highest BCUT2D eigenvalue weighted by Crippen LogP contribution is 2.12. The summed E-state index contributed by atoms with van der Waals surface area (Å²) in [6.45, 7) is 11.7. The Bertz CT molecular complexity index is 683. The quantitative estimate of drug-likeness (QED) is 0.551. The molecule has 0 heterocycles. The number of ether oxygens (including phenoxy) is 2. The fraction of sp³-hybridized carbons (Fsp3) is 0.609. The standard InChI is InChI=1S/C23H36N2O5/c1-7-29-21(27)16-25(14-18-11-9-8-10-12-18)15-20(26)19(13-17(2)3)24-22(28)30-23(4,5)6/h8-12,17,19H,7,13-16H2,1-6H3,(H,24,28)/t19-/m1/s1. The highest BCUT2D eigenvalue weighted by molar-refractivity contribution is 5.89. The van der Waals surface area contributed by atoms with Gasteiger partial charge in [-0.25, -0.2) is 4.79 Å². The van der Waals surface area contributed by atoms with E-state index >= 15 is 0 Å². The number of carbonyl (C=O) groups is 3. The van der Waals surface area contributed by atoms with E-state index in [2.05, 4.69) is 5.32 Å². The zero-order chi connectivity index (χ0) is 22.7. The van der Waals surface area contributed by atoms with Crippen LogP contribution in [0.2, 0.25) is 0 Å². The van der Waals surface area contributed by atoms with Crippen molar-refractivity contribution in [2.45, 2.75) is 66.2 Å². The molecule has 7 nitrogen and oxygen atoms in total. The number of alkyl carbamates (subject to hydrolysis) is 1. The van der Waals surface area contributed by atoms with Crippen LogP contribution >= 0.6 is 0 Å². The second kappa shape index (κ2) is 12.3. The number of esters is 1. The molecular weight excluding hydrogens is 384 g/mol. The van der Waals surface area contributed by atoms with Crippen molar-refractivity contribution >= 4 is 17.8 Å². The normalized spacial score (nSPS) is 12.5. The lowest BCUT2D eigenvalue weighted by Gasteiger charge is -2.26. The van der Waals surface area contributed by atoms with Crippen molar-refractivity contribution in [3.63, 3.8) is 0 Å². The van der Waals surface area contributed by atoms with Gasteiger partial charge in [-0.1, -0.05) is 44.2 Å². The summed E-state index contributed by atoms with van der Waals surface area (Å²) >= 11 is 0. The number of hydrogen-bond acceptors (Lipinski definition) is 6. The van der Waals surface area contributed by atoms with Gasteiger partial charge >= 0.3 is 12.1 Å². The van der Waals surface area contributed by atoms with Gasteiger partial charge < -0.3 is 14.8 Å². The summed E-state index contributed by atoms with van der Waals surface area (Å²) in [6.07, 6.45) is -0.141. The van der Waals surface area contributed by atoms with Crippen LogP contribution in [-0.2, 0) is 25.6 Å². The first-order valence-electron chi connectivity index (χ1n) is 10.4. The van der Waals surface area contributed by atoms with Crippen LogP contribution in [0.4, 0.5) is 4.79 Å². The van der Waals surface area contributed by atoms with Crippen LogP contribution in [-0.4, -0.2) is 54.1 Å². The maximum absolute atomic E-state index is 13.1. The summed E-state index contributed by atoms with van der Waals surface area (Å²) in [5.41, 5.74) is 0.328. The zero-order valence-electron chi connectivity index (χ0n) is 19.1. The summed E-state index contributed by atoms with van der Waals surface area (Å²) < 4.78 is 10.4. The third-order valence-corrected chi connectivity index (χ3v) is 4.07. The van der Waals surface area contributed by atoms with Crippen LogP contribution in [0.3, 0.4) is 0 Å². The zero-order valence-corrected chi connectivity index (χ0v) is 19.1. The third kappa shape index (κ3) is 11.0. The molecule has 0 bridgehead atoms. The van der Waals surface area contributed by atoms with Gasteiger partial charge in [-0.05, 0) is 45.6 Å². The molecular formula is C23H36N2O5. The number of carbonyl (C=O) groups excluding carboxylic acids is 3. The van der Waals surface area contributed by atoms with E-state index in [9.17, 15) is 14.4 Å². The monoisotopic (exact) mass is 420 g/mol. The minimum atomic E-state index is -0.694. The number of rotatable bonds is 11. The van der Waals surface area contributed by atoms with Gasteiger partial charge in [0.25, 0.3) is 0 Å². The molecule has 1 rings (SSSR count). The predicted octanol–water partition coefficient (Wildman–Crippen LogP) is 3.56. The molecule has 0 aliphatic heterocycles. The Balaban J connectivity index is 2.90. The topological polar surface area (TPSA) is 84.9 Å². The van der Waals surface area contributed by atoms with Crippen LogP contribution in [0.15, 0.2) is 30.3 Å². The van der Waals surface area contributed by atoms with E-state index in [1.807, 2.05) is 44.2 Å². The van der Waals surface area contributed by atoms with Crippen LogP contribution in [0.25, 0.3) is 0 Å². The van der Waals surface area contributed by atoms with Gasteiger partial charge in [0, 0.05) is 6.54 Å². The first-order chi connectivity index (χ1) is 14.0. The molecule has 1 amide bonds. The van der Waals surface area contributed by atoms with Gasteiger partial charge in [0.05, 0.1) is 25.7 Å². The maximum Gasteiger partial charge on any atom is 0.408 e. The van der Waals surface area contributed by atoms with E-state index in [0.29, 0.717) is 13.0 Å². The molecule has 168 valence electrons. The highest BCUT2D eigenvalue weighted by atomic mass is 16.6. The molecule has 1 aromatic carbocycles. The Morgan fingerprint density at radius 1 is 1.07 bits per heavy atom. The summed E-state index contributed by atoms with van der Waals surface area (Å²) in [6, 6.07) is 8.91. The van der Waals surface area contributed by atoms with Gasteiger partial charge in [0.15, 0.2) is 5.78 Å². The average Bonchev–Trinajstić information content (AvgIpc) is 2.60. The van der Waals surface area contributed by atoms with Crippen molar-refractivity contribution in [2.75, 3.05) is 19.7 Å². The van der Waals surface area contributed by atoms with Crippen molar-refractivity contribution in [1.29, 1.82) is 0 Å². The van der Waals surface area contributed by atoms with Crippen LogP contribution in [0.5, 0.6) is 0 Å². The number of nitrogens with one attached hydrogen (secondary N) is 1. The maximum atomic E-state index is 13.1. The SMILES string of the molecule is CCOC(=O)CN(CC(=O)[C@@H](CC(C)C)NC(=O)OC(C)(C)C)Cc1ccccc1. The lowest BCUT2D eigenvalue weighted by Crippen LogP contribution is -2.48. The van der Waals surface area contributed by atoms with Crippen LogP contribution < -0.4 is 5.32 Å². The average molecular weight is 421 g/mol. The molecule has 0 unspecified atom stereocenters. The van der Waals surface area contributed by atoms with Crippen molar-refractivity contribution < 1.29 is 23.9 Å². The molecule has 0 aliphatic rings. The molecule has 0 radical (unpaired) electrons. The van der Waals surface area contributed by atoms with E-state index in [1.54, 1.807) is 32.6 Å². The van der Waals surface area contributed by atoms with Gasteiger partial charge in [-0.3, -0.25) is 14.5 Å². The second-order valence-electron chi connectivity index (χ2n) is 8.73. The Morgan fingerprint density at radius 3 is 2.23 bits per heavy atom. The Labute approximate surface area is 180 Å². The van der Waals surface area contributed by atoms with E-state index in [1.165, 1.54) is 0 Å². The van der Waals surface area contributed by atoms with Gasteiger partial charge in [0.1, 0.15) is 5.60 Å². The van der Waals surface area contributed by atoms with Crippen molar-refractivity contribution in [3.8, 4) is 0 Å². The summed E-state index contributed by atoms with van der Waals surface area (Å²) in [7, 11) is 0. The summed E-state index contributed by atoms with van der Waals surface area (Å²) in [5.74, 6) is -0.363. The minimum absolute atomic E-state index is 0.00465. The number of amides is 1. The smallest absolute Gasteiger partial charge is 0.408 e. The van der Waals surface area contributed by atoms with E-state index < -0.39 is 17.7 Å². The first-order valence-corrected chi connectivity index (χ1v) is 10.4. The molecule has 0 spiro atoms. The molecule has 30 heavy (non-hydrogen) atoms. The highest BCUT2D eigenvalue weighted by Gasteiger charge is 2.27. The third-order valence-electron chi connectivity index (χ3n) is 4.07. The Morgan fingerprint density at radius 2 is 1.70 bits per heavy atom. The Kier molecular flexibility index (Phi) is 10.5. The van der Waals surface area contributed by atoms with E-state index in [-0.39, 0.29) is 37.4 Å². The number of benzene rings is 1. The van der Waals surface area contributed by atoms with E-state index in [4.69, 9.17) is 9.47 Å². The van der Waals surface area contributed by atoms with Crippen molar-refractivity contribution in [1.82, 2.24) is 10.2 Å². The molecule has 1 N–H and O–H groups in total. The van der Waals surface area contributed by atoms with Crippen molar-refractivity contribution in [2.24, 2.45) is 5.92 Å². The molecule has 0 aromatic heterocycles. The molecule has 7 heteroatoms. The first kappa shape index (κ1) is 25.6. The van der Waals surface area contributed by atoms with Crippen molar-refractivity contribution in [3.05, 3.63) is 35.9 Å². The number of nitrogens with zero attached hydrogens (tertiary/aromatic N) is 1. The molecule has 0 fully saturated rings. The fourth-order valence-corrected chi connectivity index (χ4v) is 2.92. The summed E-state index contributed by atoms with van der Waals surface area (Å²) in [5, 5.41) is 2.70. The van der Waals surface area contributed by atoms with Gasteiger partial charge in [0.2, 0.25) is 0 Å². The molecule has 0 saturated heterocycles. The molecule has 1 aromatic rings. The molecule has 1 atom stereocenters. The lowest BCUT2D eigenvalue weighted by atomic mass is 10.00. The minimum Gasteiger partial charge on any atom is -0.465 e. The number of hydrogen-bond donors (Lipinski definition) is 1.